The molecule has 0 aliphatic rings. The first-order valence-electron chi connectivity index (χ1n) is 7.32. The maximum atomic E-state index is 10.7. The van der Waals surface area contributed by atoms with Crippen molar-refractivity contribution in [1.29, 1.82) is 0 Å². The number of carbonyl (C=O) groups is 1. The smallest absolute Gasteiger partial charge is 0.314 e. The first-order chi connectivity index (χ1) is 10.6. The number of rotatable bonds is 8. The Morgan fingerprint density at radius 2 is 2.14 bits per heavy atom. The second-order valence-corrected chi connectivity index (χ2v) is 4.80. The highest BCUT2D eigenvalue weighted by molar-refractivity contribution is 5.91. The van der Waals surface area contributed by atoms with Crippen molar-refractivity contribution in [1.82, 2.24) is 11.1 Å². The number of para-hydroxylation sites is 1. The molecule has 0 aromatic heterocycles. The normalized spacial score (nSPS) is 11.2. The van der Waals surface area contributed by atoms with E-state index >= 15 is 0 Å². The van der Waals surface area contributed by atoms with Gasteiger partial charge in [-0.3, -0.25) is 10.5 Å². The Bertz CT molecular complexity index is 547. The van der Waals surface area contributed by atoms with Gasteiger partial charge in [-0.1, -0.05) is 25.0 Å². The molecule has 0 saturated carbocycles. The maximum absolute atomic E-state index is 10.7. The minimum atomic E-state index is -0.859. The molecule has 0 aliphatic heterocycles. The van der Waals surface area contributed by atoms with Gasteiger partial charge >= 0.3 is 5.91 Å². The standard InChI is InChI=1S/C17H23N2O3/c1-4-12-19-14(10-11-16(18)20)9-8-13-6-5-7-15(21-2)17(13)22-3/h5-7,14,18-19H,4,8-9,12H2,1-3H3. The van der Waals surface area contributed by atoms with Gasteiger partial charge in [0.15, 0.2) is 11.5 Å². The van der Waals surface area contributed by atoms with Gasteiger partial charge in [0.25, 0.3) is 0 Å². The van der Waals surface area contributed by atoms with Gasteiger partial charge in [-0.2, -0.15) is 0 Å². The van der Waals surface area contributed by atoms with E-state index in [0.29, 0.717) is 5.75 Å². The fourth-order valence-electron chi connectivity index (χ4n) is 2.15. The molecule has 0 bridgehead atoms. The summed E-state index contributed by atoms with van der Waals surface area (Å²) < 4.78 is 10.7. The van der Waals surface area contributed by atoms with Crippen molar-refractivity contribution in [3.05, 3.63) is 23.8 Å². The summed E-state index contributed by atoms with van der Waals surface area (Å²) in [5, 5.41) is 3.28. The Kier molecular flexibility index (Phi) is 7.87. The van der Waals surface area contributed by atoms with Crippen LogP contribution < -0.4 is 20.5 Å². The monoisotopic (exact) mass is 303 g/mol. The van der Waals surface area contributed by atoms with Crippen molar-refractivity contribution in [2.45, 2.75) is 32.2 Å². The Morgan fingerprint density at radius 1 is 1.36 bits per heavy atom. The molecule has 0 heterocycles. The van der Waals surface area contributed by atoms with Crippen LogP contribution in [0, 0.1) is 11.8 Å². The van der Waals surface area contributed by atoms with Crippen LogP contribution >= 0.6 is 0 Å². The van der Waals surface area contributed by atoms with Crippen molar-refractivity contribution in [3.8, 4) is 23.3 Å². The molecule has 0 fully saturated rings. The molecule has 0 saturated heterocycles. The first-order valence-corrected chi connectivity index (χ1v) is 7.32. The van der Waals surface area contributed by atoms with Crippen molar-refractivity contribution in [3.63, 3.8) is 0 Å². The van der Waals surface area contributed by atoms with Gasteiger partial charge in [0, 0.05) is 0 Å². The molecule has 1 unspecified atom stereocenters. The summed E-state index contributed by atoms with van der Waals surface area (Å²) >= 11 is 0. The molecule has 22 heavy (non-hydrogen) atoms. The van der Waals surface area contributed by atoms with E-state index in [1.807, 2.05) is 18.2 Å². The zero-order valence-corrected chi connectivity index (χ0v) is 13.4. The number of nitrogens with one attached hydrogen (secondary N) is 2. The molecule has 1 aromatic carbocycles. The Morgan fingerprint density at radius 3 is 2.73 bits per heavy atom. The second kappa shape index (κ2) is 9.69. The van der Waals surface area contributed by atoms with Crippen LogP contribution in [-0.4, -0.2) is 32.7 Å². The van der Waals surface area contributed by atoms with Gasteiger partial charge in [-0.05, 0) is 43.4 Å². The highest BCUT2D eigenvalue weighted by Gasteiger charge is 2.11. The van der Waals surface area contributed by atoms with E-state index in [-0.39, 0.29) is 6.04 Å². The zero-order valence-electron chi connectivity index (χ0n) is 13.4. The molecule has 1 amide bonds. The van der Waals surface area contributed by atoms with Crippen LogP contribution in [0.3, 0.4) is 0 Å². The molecule has 5 nitrogen and oxygen atoms in total. The quantitative estimate of drug-likeness (QED) is 0.744. The third-order valence-corrected chi connectivity index (χ3v) is 3.19. The predicted octanol–water partition coefficient (Wildman–Crippen LogP) is 1.82. The predicted molar refractivity (Wildman–Crippen MR) is 85.8 cm³/mol. The fraction of sp³-hybridized carbons (Fsp3) is 0.471. The van der Waals surface area contributed by atoms with Gasteiger partial charge in [-0.15, -0.1) is 0 Å². The molecule has 5 heteroatoms. The van der Waals surface area contributed by atoms with E-state index in [0.717, 1.165) is 37.1 Å². The molecule has 1 rings (SSSR count). The number of carbonyl (C=O) groups excluding carboxylic acids is 1. The largest absolute Gasteiger partial charge is 0.493 e. The number of hydrogen-bond donors (Lipinski definition) is 1. The van der Waals surface area contributed by atoms with Crippen LogP contribution in [0.2, 0.25) is 0 Å². The van der Waals surface area contributed by atoms with Gasteiger partial charge in [0.05, 0.1) is 20.3 Å². The Labute approximate surface area is 132 Å². The van der Waals surface area contributed by atoms with E-state index in [4.69, 9.17) is 15.2 Å². The Hall–Kier alpha value is -2.19. The van der Waals surface area contributed by atoms with Crippen LogP contribution in [0.4, 0.5) is 0 Å². The lowest BCUT2D eigenvalue weighted by Gasteiger charge is -2.15. The average molecular weight is 303 g/mol. The topological polar surface area (TPSA) is 71.4 Å². The van der Waals surface area contributed by atoms with Gasteiger partial charge in [0.1, 0.15) is 0 Å². The number of hydrogen-bond acceptors (Lipinski definition) is 4. The van der Waals surface area contributed by atoms with Crippen LogP contribution in [0.15, 0.2) is 18.2 Å². The zero-order chi connectivity index (χ0) is 16.4. The highest BCUT2D eigenvalue weighted by Crippen LogP contribution is 2.31. The summed E-state index contributed by atoms with van der Waals surface area (Å²) in [6.45, 7) is 2.89. The summed E-state index contributed by atoms with van der Waals surface area (Å²) in [5.41, 5.74) is 7.92. The van der Waals surface area contributed by atoms with E-state index < -0.39 is 5.91 Å². The Balaban J connectivity index is 2.80. The lowest BCUT2D eigenvalue weighted by molar-refractivity contribution is -0.113. The average Bonchev–Trinajstić information content (AvgIpc) is 2.53. The number of methoxy groups -OCH3 is 2. The van der Waals surface area contributed by atoms with E-state index in [9.17, 15) is 4.79 Å². The van der Waals surface area contributed by atoms with Gasteiger partial charge in [-0.25, -0.2) is 0 Å². The number of aryl methyl sites for hydroxylation is 1. The van der Waals surface area contributed by atoms with E-state index in [1.54, 1.807) is 14.2 Å². The molecule has 1 aromatic rings. The molecule has 119 valence electrons. The van der Waals surface area contributed by atoms with Crippen LogP contribution in [0.1, 0.15) is 25.3 Å². The molecule has 1 atom stereocenters. The van der Waals surface area contributed by atoms with Gasteiger partial charge < -0.3 is 14.8 Å². The molecule has 1 radical (unpaired) electrons. The van der Waals surface area contributed by atoms with Crippen molar-refractivity contribution >= 4 is 5.91 Å². The van der Waals surface area contributed by atoms with Crippen molar-refractivity contribution in [2.75, 3.05) is 20.8 Å². The lowest BCUT2D eigenvalue weighted by atomic mass is 10.0. The second-order valence-electron chi connectivity index (χ2n) is 4.80. The van der Waals surface area contributed by atoms with Crippen molar-refractivity contribution < 1.29 is 14.3 Å². The summed E-state index contributed by atoms with van der Waals surface area (Å²) in [4.78, 5) is 10.7. The van der Waals surface area contributed by atoms with Crippen LogP contribution in [0.5, 0.6) is 11.5 Å². The third kappa shape index (κ3) is 5.66. The molecular formula is C17H23N2O3. The summed E-state index contributed by atoms with van der Waals surface area (Å²) in [6.07, 6.45) is 2.45. The number of amides is 1. The lowest BCUT2D eigenvalue weighted by Crippen LogP contribution is -2.29. The molecule has 2 N–H and O–H groups in total. The summed E-state index contributed by atoms with van der Waals surface area (Å²) in [5.74, 6) is 5.69. The van der Waals surface area contributed by atoms with Crippen molar-refractivity contribution in [2.24, 2.45) is 0 Å². The van der Waals surface area contributed by atoms with Crippen LogP contribution in [-0.2, 0) is 11.2 Å². The minimum absolute atomic E-state index is 0.120. The number of ether oxygens (including phenoxy) is 2. The molecule has 0 spiro atoms. The van der Waals surface area contributed by atoms with Gasteiger partial charge in [0.2, 0.25) is 0 Å². The maximum Gasteiger partial charge on any atom is 0.314 e. The van der Waals surface area contributed by atoms with Crippen LogP contribution in [0.25, 0.3) is 0 Å². The minimum Gasteiger partial charge on any atom is -0.493 e. The summed E-state index contributed by atoms with van der Waals surface area (Å²) in [6, 6.07) is 5.64. The fourth-order valence-corrected chi connectivity index (χ4v) is 2.15. The molecular weight excluding hydrogens is 280 g/mol. The van der Waals surface area contributed by atoms with E-state index in [2.05, 4.69) is 24.1 Å². The van der Waals surface area contributed by atoms with E-state index in [1.165, 1.54) is 0 Å². The highest BCUT2D eigenvalue weighted by atomic mass is 16.5. The number of benzene rings is 1. The first kappa shape index (κ1) is 17.9. The SMILES string of the molecule is CCCNC(C#CC([NH])=O)CCc1cccc(OC)c1OC. The summed E-state index contributed by atoms with van der Waals surface area (Å²) in [7, 11) is 3.23. The molecule has 0 aliphatic carbocycles. The third-order valence-electron chi connectivity index (χ3n) is 3.19.